The van der Waals surface area contributed by atoms with E-state index in [1.807, 2.05) is 29.8 Å². The fraction of sp³-hybridized carbons (Fsp3) is 0.300. The molecule has 15 heavy (non-hydrogen) atoms. The summed E-state index contributed by atoms with van der Waals surface area (Å²) in [7, 11) is 3.56. The smallest absolute Gasteiger partial charge is 0.132 e. The van der Waals surface area contributed by atoms with E-state index in [9.17, 15) is 0 Å². The van der Waals surface area contributed by atoms with E-state index in [4.69, 9.17) is 4.74 Å². The van der Waals surface area contributed by atoms with Gasteiger partial charge in [0, 0.05) is 12.3 Å². The predicted octanol–water partition coefficient (Wildman–Crippen LogP) is 1.82. The molecule has 1 N–H and O–H groups in total. The summed E-state index contributed by atoms with van der Waals surface area (Å²) in [6.45, 7) is 0.735. The second-order valence-electron chi connectivity index (χ2n) is 3.17. The average Bonchev–Trinajstić information content (AvgIpc) is 2.56. The molecule has 0 aliphatic carbocycles. The van der Waals surface area contributed by atoms with Crippen molar-refractivity contribution in [2.45, 2.75) is 6.54 Å². The van der Waals surface area contributed by atoms with Crippen LogP contribution in [0.25, 0.3) is 5.52 Å². The molecule has 2 aromatic rings. The van der Waals surface area contributed by atoms with Crippen LogP contribution in [0.3, 0.4) is 0 Å². The average molecular weight is 270 g/mol. The van der Waals surface area contributed by atoms with Gasteiger partial charge in [-0.15, -0.1) is 0 Å². The summed E-state index contributed by atoms with van der Waals surface area (Å²) in [6, 6.07) is 3.87. The van der Waals surface area contributed by atoms with Crippen LogP contribution in [0.5, 0.6) is 5.75 Å². The van der Waals surface area contributed by atoms with Crippen LogP contribution in [0.15, 0.2) is 22.9 Å². The highest BCUT2D eigenvalue weighted by atomic mass is 79.9. The largest absolute Gasteiger partial charge is 0.497 e. The van der Waals surface area contributed by atoms with Gasteiger partial charge in [-0.1, -0.05) is 0 Å². The second-order valence-corrected chi connectivity index (χ2v) is 3.92. The molecule has 0 saturated carbocycles. The van der Waals surface area contributed by atoms with E-state index in [-0.39, 0.29) is 0 Å². The zero-order valence-corrected chi connectivity index (χ0v) is 10.2. The normalized spacial score (nSPS) is 10.9. The molecule has 0 unspecified atom stereocenters. The molecule has 2 rings (SSSR count). The number of aromatic nitrogens is 2. The first kappa shape index (κ1) is 10.4. The Morgan fingerprint density at radius 2 is 2.40 bits per heavy atom. The maximum absolute atomic E-state index is 5.17. The summed E-state index contributed by atoms with van der Waals surface area (Å²) >= 11 is 3.44. The SMILES string of the molecule is CNCc1nc(Br)c2cc(OC)ccn12. The van der Waals surface area contributed by atoms with Gasteiger partial charge in [-0.25, -0.2) is 4.98 Å². The predicted molar refractivity (Wildman–Crippen MR) is 62.2 cm³/mol. The van der Waals surface area contributed by atoms with Gasteiger partial charge in [-0.05, 0) is 29.0 Å². The fourth-order valence-electron chi connectivity index (χ4n) is 1.50. The summed E-state index contributed by atoms with van der Waals surface area (Å²) in [6.07, 6.45) is 1.96. The Labute approximate surface area is 96.4 Å². The Balaban J connectivity index is 2.59. The van der Waals surface area contributed by atoms with E-state index in [1.165, 1.54) is 0 Å². The first-order valence-corrected chi connectivity index (χ1v) is 5.40. The summed E-state index contributed by atoms with van der Waals surface area (Å²) in [5, 5.41) is 3.08. The molecule has 0 aliphatic heterocycles. The Morgan fingerprint density at radius 1 is 1.60 bits per heavy atom. The van der Waals surface area contributed by atoms with Crippen LogP contribution in [0.2, 0.25) is 0 Å². The maximum atomic E-state index is 5.17. The lowest BCUT2D eigenvalue weighted by Crippen LogP contribution is -2.08. The standard InChI is InChI=1S/C10H12BrN3O/c1-12-6-9-13-10(11)8-5-7(15-2)3-4-14(8)9/h3-5,12H,6H2,1-2H3. The minimum absolute atomic E-state index is 0.735. The lowest BCUT2D eigenvalue weighted by atomic mass is 10.4. The third-order valence-electron chi connectivity index (χ3n) is 2.21. The molecule has 80 valence electrons. The lowest BCUT2D eigenvalue weighted by Gasteiger charge is -2.02. The minimum Gasteiger partial charge on any atom is -0.497 e. The Hall–Kier alpha value is -1.07. The molecule has 0 aliphatic rings. The highest BCUT2D eigenvalue weighted by molar-refractivity contribution is 9.10. The quantitative estimate of drug-likeness (QED) is 0.924. The van der Waals surface area contributed by atoms with Crippen molar-refractivity contribution in [3.8, 4) is 5.75 Å². The maximum Gasteiger partial charge on any atom is 0.132 e. The lowest BCUT2D eigenvalue weighted by molar-refractivity contribution is 0.414. The zero-order valence-electron chi connectivity index (χ0n) is 8.62. The van der Waals surface area contributed by atoms with Gasteiger partial charge >= 0.3 is 0 Å². The number of nitrogens with one attached hydrogen (secondary N) is 1. The summed E-state index contributed by atoms with van der Waals surface area (Å²) < 4.78 is 8.04. The number of hydrogen-bond acceptors (Lipinski definition) is 3. The van der Waals surface area contributed by atoms with Crippen molar-refractivity contribution in [2.75, 3.05) is 14.2 Å². The molecule has 0 amide bonds. The van der Waals surface area contributed by atoms with Crippen molar-refractivity contribution in [3.63, 3.8) is 0 Å². The molecular weight excluding hydrogens is 258 g/mol. The van der Waals surface area contributed by atoms with E-state index < -0.39 is 0 Å². The summed E-state index contributed by atoms with van der Waals surface area (Å²) in [5.74, 6) is 1.81. The number of methoxy groups -OCH3 is 1. The van der Waals surface area contributed by atoms with Crippen molar-refractivity contribution in [3.05, 3.63) is 28.8 Å². The van der Waals surface area contributed by atoms with Crippen LogP contribution in [0, 0.1) is 0 Å². The molecule has 0 atom stereocenters. The van der Waals surface area contributed by atoms with E-state index in [2.05, 4.69) is 26.2 Å². The van der Waals surface area contributed by atoms with Gasteiger partial charge in [0.15, 0.2) is 0 Å². The van der Waals surface area contributed by atoms with Crippen molar-refractivity contribution in [1.82, 2.24) is 14.7 Å². The van der Waals surface area contributed by atoms with Crippen molar-refractivity contribution in [2.24, 2.45) is 0 Å². The molecule has 0 spiro atoms. The molecule has 2 heterocycles. The summed E-state index contributed by atoms with van der Waals surface area (Å²) in [4.78, 5) is 4.42. The van der Waals surface area contributed by atoms with Crippen LogP contribution in [-0.2, 0) is 6.54 Å². The van der Waals surface area contributed by atoms with Gasteiger partial charge in [0.2, 0.25) is 0 Å². The third kappa shape index (κ3) is 1.85. The van der Waals surface area contributed by atoms with Gasteiger partial charge < -0.3 is 14.5 Å². The van der Waals surface area contributed by atoms with Crippen molar-refractivity contribution >= 4 is 21.4 Å². The number of pyridine rings is 1. The molecule has 4 nitrogen and oxygen atoms in total. The minimum atomic E-state index is 0.735. The number of hydrogen-bond donors (Lipinski definition) is 1. The molecule has 0 saturated heterocycles. The van der Waals surface area contributed by atoms with E-state index in [1.54, 1.807) is 7.11 Å². The van der Waals surface area contributed by atoms with Crippen LogP contribution in [0.4, 0.5) is 0 Å². The molecular formula is C10H12BrN3O. The van der Waals surface area contributed by atoms with Crippen LogP contribution in [-0.4, -0.2) is 23.5 Å². The fourth-order valence-corrected chi connectivity index (χ4v) is 2.01. The number of nitrogens with zero attached hydrogens (tertiary/aromatic N) is 2. The highest BCUT2D eigenvalue weighted by Crippen LogP contribution is 2.23. The Kier molecular flexibility index (Phi) is 2.93. The third-order valence-corrected chi connectivity index (χ3v) is 2.80. The number of rotatable bonds is 3. The molecule has 0 bridgehead atoms. The van der Waals surface area contributed by atoms with Gasteiger partial charge in [0.1, 0.15) is 16.2 Å². The summed E-state index contributed by atoms with van der Waals surface area (Å²) in [5.41, 5.74) is 1.01. The number of ether oxygens (including phenoxy) is 1. The van der Waals surface area contributed by atoms with Crippen LogP contribution in [0.1, 0.15) is 5.82 Å². The molecule has 2 aromatic heterocycles. The molecule has 0 fully saturated rings. The molecule has 5 heteroatoms. The van der Waals surface area contributed by atoms with Gasteiger partial charge in [-0.2, -0.15) is 0 Å². The molecule has 0 aromatic carbocycles. The Morgan fingerprint density at radius 3 is 3.07 bits per heavy atom. The van der Waals surface area contributed by atoms with Crippen LogP contribution < -0.4 is 10.1 Å². The zero-order chi connectivity index (χ0) is 10.8. The van der Waals surface area contributed by atoms with Crippen molar-refractivity contribution < 1.29 is 4.74 Å². The first-order chi connectivity index (χ1) is 7.26. The van der Waals surface area contributed by atoms with E-state index in [0.29, 0.717) is 0 Å². The van der Waals surface area contributed by atoms with Gasteiger partial charge in [0.25, 0.3) is 0 Å². The monoisotopic (exact) mass is 269 g/mol. The van der Waals surface area contributed by atoms with E-state index in [0.717, 1.165) is 28.2 Å². The topological polar surface area (TPSA) is 38.6 Å². The first-order valence-electron chi connectivity index (χ1n) is 4.61. The van der Waals surface area contributed by atoms with Crippen molar-refractivity contribution in [1.29, 1.82) is 0 Å². The van der Waals surface area contributed by atoms with Gasteiger partial charge in [-0.3, -0.25) is 0 Å². The Bertz CT molecular complexity index is 481. The highest BCUT2D eigenvalue weighted by Gasteiger charge is 2.08. The van der Waals surface area contributed by atoms with Gasteiger partial charge in [0.05, 0.1) is 19.2 Å². The number of fused-ring (bicyclic) bond motifs is 1. The van der Waals surface area contributed by atoms with Crippen LogP contribution >= 0.6 is 15.9 Å². The van der Waals surface area contributed by atoms with E-state index >= 15 is 0 Å². The second kappa shape index (κ2) is 4.20. The molecule has 0 radical (unpaired) electrons. The number of imidazole rings is 1. The number of halogens is 1.